The third kappa shape index (κ3) is 3.87. The molecule has 0 amide bonds. The number of hydrazone groups is 1. The van der Waals surface area contributed by atoms with Gasteiger partial charge >= 0.3 is 0 Å². The van der Waals surface area contributed by atoms with E-state index in [0.29, 0.717) is 11.2 Å². The Balaban J connectivity index is 1.58. The van der Waals surface area contributed by atoms with Gasteiger partial charge in [0.15, 0.2) is 5.11 Å². The Labute approximate surface area is 143 Å². The van der Waals surface area contributed by atoms with Gasteiger partial charge < -0.3 is 10.3 Å². The molecule has 0 radical (unpaired) electrons. The number of aromatic nitrogens is 1. The lowest BCUT2D eigenvalue weighted by Gasteiger charge is -2.23. The summed E-state index contributed by atoms with van der Waals surface area (Å²) in [7, 11) is 0. The Morgan fingerprint density at radius 2 is 2.14 bits per heavy atom. The number of rotatable bonds is 3. The molecule has 6 heteroatoms. The van der Waals surface area contributed by atoms with Crippen LogP contribution in [0, 0.1) is 0 Å². The van der Waals surface area contributed by atoms with Crippen molar-refractivity contribution in [2.75, 3.05) is 0 Å². The maximum Gasteiger partial charge on any atom is 0.187 e. The van der Waals surface area contributed by atoms with E-state index < -0.39 is 0 Å². The van der Waals surface area contributed by atoms with Crippen molar-refractivity contribution < 1.29 is 0 Å². The van der Waals surface area contributed by atoms with Gasteiger partial charge in [-0.05, 0) is 43.3 Å². The van der Waals surface area contributed by atoms with Crippen molar-refractivity contribution in [1.29, 1.82) is 0 Å². The molecule has 0 unspecified atom stereocenters. The van der Waals surface area contributed by atoms with Crippen LogP contribution in [0.3, 0.4) is 0 Å². The van der Waals surface area contributed by atoms with Crippen LogP contribution in [-0.2, 0) is 0 Å². The first-order valence-electron chi connectivity index (χ1n) is 7.58. The molecule has 1 saturated carbocycles. The van der Waals surface area contributed by atoms with Crippen LogP contribution in [0.2, 0.25) is 0 Å². The van der Waals surface area contributed by atoms with Crippen molar-refractivity contribution >= 4 is 50.4 Å². The zero-order valence-electron chi connectivity index (χ0n) is 12.2. The molecule has 3 N–H and O–H groups in total. The van der Waals surface area contributed by atoms with Crippen LogP contribution >= 0.6 is 28.1 Å². The molecule has 1 aliphatic carbocycles. The van der Waals surface area contributed by atoms with Crippen LogP contribution in [0.4, 0.5) is 0 Å². The van der Waals surface area contributed by atoms with Crippen LogP contribution in [0.5, 0.6) is 0 Å². The molecule has 22 heavy (non-hydrogen) atoms. The molecule has 1 heterocycles. The first kappa shape index (κ1) is 15.5. The maximum atomic E-state index is 5.30. The second kappa shape index (κ2) is 7.24. The van der Waals surface area contributed by atoms with E-state index in [2.05, 4.69) is 42.8 Å². The molecule has 2 aromatic rings. The smallest absolute Gasteiger partial charge is 0.187 e. The van der Waals surface area contributed by atoms with Gasteiger partial charge in [0, 0.05) is 33.2 Å². The molecule has 0 saturated heterocycles. The topological polar surface area (TPSA) is 52.2 Å². The van der Waals surface area contributed by atoms with E-state index in [-0.39, 0.29) is 0 Å². The number of hydrogen-bond donors (Lipinski definition) is 3. The van der Waals surface area contributed by atoms with Crippen molar-refractivity contribution in [3.05, 3.63) is 34.4 Å². The molecule has 0 atom stereocenters. The Hall–Kier alpha value is -1.40. The minimum absolute atomic E-state index is 0.494. The van der Waals surface area contributed by atoms with Crippen LogP contribution in [0.25, 0.3) is 10.9 Å². The molecule has 1 aromatic heterocycles. The van der Waals surface area contributed by atoms with Gasteiger partial charge in [0.05, 0.1) is 6.21 Å². The predicted molar refractivity (Wildman–Crippen MR) is 99.3 cm³/mol. The average molecular weight is 379 g/mol. The molecule has 4 nitrogen and oxygen atoms in total. The summed E-state index contributed by atoms with van der Waals surface area (Å²) in [4.78, 5) is 3.23. The summed E-state index contributed by atoms with van der Waals surface area (Å²) in [5, 5.41) is 9.31. The Kier molecular flexibility index (Phi) is 5.10. The number of fused-ring (bicyclic) bond motifs is 1. The lowest BCUT2D eigenvalue weighted by atomic mass is 9.96. The quantitative estimate of drug-likeness (QED) is 0.428. The van der Waals surface area contributed by atoms with Gasteiger partial charge in [-0.1, -0.05) is 35.2 Å². The van der Waals surface area contributed by atoms with Gasteiger partial charge in [0.25, 0.3) is 0 Å². The molecule has 0 spiro atoms. The summed E-state index contributed by atoms with van der Waals surface area (Å²) in [6, 6.07) is 6.62. The van der Waals surface area contributed by atoms with Gasteiger partial charge in [-0.25, -0.2) is 0 Å². The highest BCUT2D eigenvalue weighted by Crippen LogP contribution is 2.21. The van der Waals surface area contributed by atoms with E-state index in [4.69, 9.17) is 12.2 Å². The fraction of sp³-hybridized carbons (Fsp3) is 0.375. The number of benzene rings is 1. The lowest BCUT2D eigenvalue weighted by molar-refractivity contribution is 0.412. The fourth-order valence-corrected chi connectivity index (χ4v) is 3.43. The summed E-state index contributed by atoms with van der Waals surface area (Å²) in [5.74, 6) is 0. The van der Waals surface area contributed by atoms with Gasteiger partial charge in [-0.15, -0.1) is 0 Å². The van der Waals surface area contributed by atoms with E-state index in [1.54, 1.807) is 6.21 Å². The van der Waals surface area contributed by atoms with E-state index in [1.165, 1.54) is 32.1 Å². The Bertz CT molecular complexity index is 689. The number of H-pyrrole nitrogens is 1. The van der Waals surface area contributed by atoms with Gasteiger partial charge in [0.1, 0.15) is 0 Å². The van der Waals surface area contributed by atoms with Crippen molar-refractivity contribution in [3.63, 3.8) is 0 Å². The van der Waals surface area contributed by atoms with E-state index in [0.717, 1.165) is 20.9 Å². The standard InChI is InChI=1S/C16H19BrN4S/c17-12-6-7-15-14(8-12)11(9-18-15)10-19-21-16(22)20-13-4-2-1-3-5-13/h6-10,13,18H,1-5H2,(H2,20,21,22)/b19-10-. The zero-order chi connectivity index (χ0) is 15.4. The first-order chi connectivity index (χ1) is 10.7. The molecule has 0 bridgehead atoms. The van der Waals surface area contributed by atoms with E-state index in [1.807, 2.05) is 18.3 Å². The highest BCUT2D eigenvalue weighted by molar-refractivity contribution is 9.10. The summed E-state index contributed by atoms with van der Waals surface area (Å²) in [5.41, 5.74) is 5.03. The third-order valence-electron chi connectivity index (χ3n) is 3.99. The number of nitrogens with zero attached hydrogens (tertiary/aromatic N) is 1. The third-order valence-corrected chi connectivity index (χ3v) is 4.69. The summed E-state index contributed by atoms with van der Waals surface area (Å²) in [6.45, 7) is 0. The van der Waals surface area contributed by atoms with Crippen LogP contribution in [0.1, 0.15) is 37.7 Å². The zero-order valence-corrected chi connectivity index (χ0v) is 14.6. The summed E-state index contributed by atoms with van der Waals surface area (Å²) < 4.78 is 1.05. The van der Waals surface area contributed by atoms with Gasteiger partial charge in [-0.3, -0.25) is 5.43 Å². The van der Waals surface area contributed by atoms with Gasteiger partial charge in [0.2, 0.25) is 0 Å². The largest absolute Gasteiger partial charge is 0.361 e. The maximum absolute atomic E-state index is 5.30. The Morgan fingerprint density at radius 3 is 2.95 bits per heavy atom. The Morgan fingerprint density at radius 1 is 1.32 bits per heavy atom. The summed E-state index contributed by atoms with van der Waals surface area (Å²) >= 11 is 8.79. The SMILES string of the molecule is S=C(N/N=C\c1c[nH]c2ccc(Br)cc12)NC1CCCCC1. The van der Waals surface area contributed by atoms with Crippen LogP contribution < -0.4 is 10.7 Å². The normalized spacial score (nSPS) is 16.2. The number of nitrogens with one attached hydrogen (secondary N) is 3. The molecule has 1 fully saturated rings. The molecule has 1 aromatic carbocycles. The highest BCUT2D eigenvalue weighted by Gasteiger charge is 2.13. The van der Waals surface area contributed by atoms with Crippen LogP contribution in [-0.4, -0.2) is 22.4 Å². The van der Waals surface area contributed by atoms with Crippen molar-refractivity contribution in [2.45, 2.75) is 38.1 Å². The number of hydrogen-bond acceptors (Lipinski definition) is 2. The predicted octanol–water partition coefficient (Wildman–Crippen LogP) is 4.06. The fourth-order valence-electron chi connectivity index (χ4n) is 2.85. The molecule has 1 aliphatic rings. The molecule has 3 rings (SSSR count). The highest BCUT2D eigenvalue weighted by atomic mass is 79.9. The van der Waals surface area contributed by atoms with E-state index in [9.17, 15) is 0 Å². The van der Waals surface area contributed by atoms with Crippen molar-refractivity contribution in [3.8, 4) is 0 Å². The number of thiocarbonyl (C=S) groups is 1. The van der Waals surface area contributed by atoms with Crippen molar-refractivity contribution in [2.24, 2.45) is 5.10 Å². The molecular formula is C16H19BrN4S. The lowest BCUT2D eigenvalue weighted by Crippen LogP contribution is -2.40. The second-order valence-corrected chi connectivity index (χ2v) is 6.94. The second-order valence-electron chi connectivity index (χ2n) is 5.61. The summed E-state index contributed by atoms with van der Waals surface area (Å²) in [6.07, 6.45) is 10.0. The van der Waals surface area contributed by atoms with E-state index >= 15 is 0 Å². The average Bonchev–Trinajstić information content (AvgIpc) is 2.91. The van der Waals surface area contributed by atoms with Crippen molar-refractivity contribution in [1.82, 2.24) is 15.7 Å². The number of aromatic amines is 1. The molecule has 0 aliphatic heterocycles. The van der Waals surface area contributed by atoms with Gasteiger partial charge in [-0.2, -0.15) is 5.10 Å². The minimum Gasteiger partial charge on any atom is -0.361 e. The monoisotopic (exact) mass is 378 g/mol. The number of halogens is 1. The molecule has 116 valence electrons. The molecular weight excluding hydrogens is 360 g/mol. The first-order valence-corrected chi connectivity index (χ1v) is 8.79. The van der Waals surface area contributed by atoms with Crippen LogP contribution in [0.15, 0.2) is 34.0 Å². The minimum atomic E-state index is 0.494.